The second-order valence-electron chi connectivity index (χ2n) is 7.39. The van der Waals surface area contributed by atoms with Gasteiger partial charge in [-0.2, -0.15) is 0 Å². The molecular weight excluding hydrogens is 360 g/mol. The molecule has 4 rings (SSSR count). The van der Waals surface area contributed by atoms with E-state index in [0.717, 1.165) is 56.7 Å². The number of amides is 1. The fourth-order valence-electron chi connectivity index (χ4n) is 3.94. The van der Waals surface area contributed by atoms with E-state index < -0.39 is 5.41 Å². The van der Waals surface area contributed by atoms with Crippen LogP contribution in [-0.4, -0.2) is 32.2 Å². The second kappa shape index (κ2) is 7.91. The number of hydrogen-bond acceptors (Lipinski definition) is 3. The van der Waals surface area contributed by atoms with Gasteiger partial charge in [0.25, 0.3) is 0 Å². The minimum atomic E-state index is -0.391. The summed E-state index contributed by atoms with van der Waals surface area (Å²) >= 11 is 6.00. The molecule has 0 unspecified atom stereocenters. The van der Waals surface area contributed by atoms with Crippen molar-refractivity contribution in [1.29, 1.82) is 0 Å². The molecule has 5 heteroatoms. The van der Waals surface area contributed by atoms with Crippen molar-refractivity contribution >= 4 is 23.2 Å². The van der Waals surface area contributed by atoms with Crippen LogP contribution in [-0.2, 0) is 21.5 Å². The van der Waals surface area contributed by atoms with E-state index >= 15 is 0 Å². The average molecular weight is 385 g/mol. The number of nitrogens with one attached hydrogen (secondary N) is 1. The van der Waals surface area contributed by atoms with Gasteiger partial charge in [0, 0.05) is 30.3 Å². The van der Waals surface area contributed by atoms with Crippen LogP contribution in [0, 0.1) is 0 Å². The van der Waals surface area contributed by atoms with E-state index in [-0.39, 0.29) is 5.91 Å². The molecule has 0 atom stereocenters. The standard InChI is InChI=1S/C22H25ClN2O2/c23-19-6-4-18(5-7-19)22(10-1-11-22)21(26)24-16-17-2-8-20(9-3-17)25-12-14-27-15-13-25/h2-9H,1,10-16H2,(H,24,26). The van der Waals surface area contributed by atoms with E-state index in [4.69, 9.17) is 16.3 Å². The Morgan fingerprint density at radius 3 is 2.30 bits per heavy atom. The zero-order valence-electron chi connectivity index (χ0n) is 15.4. The zero-order valence-corrected chi connectivity index (χ0v) is 16.2. The highest BCUT2D eigenvalue weighted by Crippen LogP contribution is 2.44. The predicted octanol–water partition coefficient (Wildman–Crippen LogP) is 3.91. The molecule has 2 aliphatic rings. The van der Waals surface area contributed by atoms with Crippen molar-refractivity contribution in [2.24, 2.45) is 0 Å². The van der Waals surface area contributed by atoms with Gasteiger partial charge in [0.15, 0.2) is 0 Å². The third-order valence-corrected chi connectivity index (χ3v) is 6.06. The Hall–Kier alpha value is -2.04. The number of rotatable bonds is 5. The van der Waals surface area contributed by atoms with Gasteiger partial charge in [0.1, 0.15) is 0 Å². The van der Waals surface area contributed by atoms with E-state index in [1.807, 2.05) is 24.3 Å². The lowest BCUT2D eigenvalue weighted by molar-refractivity contribution is -0.130. The van der Waals surface area contributed by atoms with Gasteiger partial charge in [-0.25, -0.2) is 0 Å². The van der Waals surface area contributed by atoms with E-state index in [2.05, 4.69) is 34.5 Å². The third-order valence-electron chi connectivity index (χ3n) is 5.80. The second-order valence-corrected chi connectivity index (χ2v) is 7.83. The maximum atomic E-state index is 13.0. The third kappa shape index (κ3) is 3.83. The minimum absolute atomic E-state index is 0.119. The molecule has 1 aliphatic heterocycles. The van der Waals surface area contributed by atoms with Gasteiger partial charge in [0.05, 0.1) is 18.6 Å². The Morgan fingerprint density at radius 2 is 1.70 bits per heavy atom. The summed E-state index contributed by atoms with van der Waals surface area (Å²) in [5.41, 5.74) is 3.01. The van der Waals surface area contributed by atoms with Crippen LogP contribution < -0.4 is 10.2 Å². The molecule has 142 valence electrons. The van der Waals surface area contributed by atoms with Crippen LogP contribution in [0.25, 0.3) is 0 Å². The molecule has 1 heterocycles. The Balaban J connectivity index is 1.39. The summed E-state index contributed by atoms with van der Waals surface area (Å²) in [7, 11) is 0. The van der Waals surface area contributed by atoms with E-state index in [1.54, 1.807) is 0 Å². The van der Waals surface area contributed by atoms with Gasteiger partial charge >= 0.3 is 0 Å². The van der Waals surface area contributed by atoms with Crippen LogP contribution in [0.15, 0.2) is 48.5 Å². The first kappa shape index (κ1) is 18.3. The van der Waals surface area contributed by atoms with Crippen molar-refractivity contribution < 1.29 is 9.53 Å². The number of carbonyl (C=O) groups excluding carboxylic acids is 1. The largest absolute Gasteiger partial charge is 0.378 e. The van der Waals surface area contributed by atoms with E-state index in [1.165, 1.54) is 5.69 Å². The maximum absolute atomic E-state index is 13.0. The SMILES string of the molecule is O=C(NCc1ccc(N2CCOCC2)cc1)C1(c2ccc(Cl)cc2)CCC1. The molecule has 0 aromatic heterocycles. The topological polar surface area (TPSA) is 41.6 Å². The van der Waals surface area contributed by atoms with E-state index in [9.17, 15) is 4.79 Å². The molecule has 1 N–H and O–H groups in total. The minimum Gasteiger partial charge on any atom is -0.378 e. The van der Waals surface area contributed by atoms with Crippen molar-refractivity contribution in [3.63, 3.8) is 0 Å². The first-order valence-corrected chi connectivity index (χ1v) is 10.0. The summed E-state index contributed by atoms with van der Waals surface area (Å²) in [4.78, 5) is 15.3. The highest BCUT2D eigenvalue weighted by Gasteiger charge is 2.45. The van der Waals surface area contributed by atoms with Crippen LogP contribution in [0.2, 0.25) is 5.02 Å². The number of hydrogen-bond donors (Lipinski definition) is 1. The molecule has 27 heavy (non-hydrogen) atoms. The number of benzene rings is 2. The smallest absolute Gasteiger partial charge is 0.230 e. The van der Waals surface area contributed by atoms with E-state index in [0.29, 0.717) is 11.6 Å². The summed E-state index contributed by atoms with van der Waals surface area (Å²) in [6.07, 6.45) is 2.89. The molecule has 0 bridgehead atoms. The quantitative estimate of drug-likeness (QED) is 0.849. The highest BCUT2D eigenvalue weighted by atomic mass is 35.5. The number of halogens is 1. The number of nitrogens with zero attached hydrogens (tertiary/aromatic N) is 1. The molecule has 0 spiro atoms. The van der Waals surface area contributed by atoms with Gasteiger partial charge in [-0.05, 0) is 48.2 Å². The van der Waals surface area contributed by atoms with Crippen molar-refractivity contribution in [3.05, 3.63) is 64.7 Å². The molecule has 2 aromatic rings. The average Bonchev–Trinajstić information content (AvgIpc) is 2.68. The van der Waals surface area contributed by atoms with Crippen molar-refractivity contribution in [2.75, 3.05) is 31.2 Å². The Bertz CT molecular complexity index is 779. The fraction of sp³-hybridized carbons (Fsp3) is 0.409. The predicted molar refractivity (Wildman–Crippen MR) is 108 cm³/mol. The molecule has 2 fully saturated rings. The summed E-state index contributed by atoms with van der Waals surface area (Å²) in [6, 6.07) is 16.2. The molecule has 0 radical (unpaired) electrons. The Morgan fingerprint density at radius 1 is 1.04 bits per heavy atom. The summed E-state index contributed by atoms with van der Waals surface area (Å²) in [5, 5.41) is 3.85. The monoisotopic (exact) mass is 384 g/mol. The number of anilines is 1. The van der Waals surface area contributed by atoms with Crippen LogP contribution in [0.5, 0.6) is 0 Å². The number of morpholine rings is 1. The number of carbonyl (C=O) groups is 1. The van der Waals surface area contributed by atoms with Gasteiger partial charge in [0.2, 0.25) is 5.91 Å². The lowest BCUT2D eigenvalue weighted by Crippen LogP contribution is -2.48. The lowest BCUT2D eigenvalue weighted by atomic mass is 9.64. The normalized spacial score (nSPS) is 18.6. The van der Waals surface area contributed by atoms with Crippen molar-refractivity contribution in [3.8, 4) is 0 Å². The first-order chi connectivity index (χ1) is 13.2. The first-order valence-electron chi connectivity index (χ1n) is 9.63. The van der Waals surface area contributed by atoms with Crippen LogP contribution in [0.3, 0.4) is 0 Å². The van der Waals surface area contributed by atoms with Crippen LogP contribution in [0.4, 0.5) is 5.69 Å². The van der Waals surface area contributed by atoms with Crippen molar-refractivity contribution in [1.82, 2.24) is 5.32 Å². The lowest BCUT2D eigenvalue weighted by Gasteiger charge is -2.40. The Labute approximate surface area is 165 Å². The summed E-state index contributed by atoms with van der Waals surface area (Å²) in [5.74, 6) is 0.119. The van der Waals surface area contributed by atoms with Crippen LogP contribution in [0.1, 0.15) is 30.4 Å². The zero-order chi connectivity index (χ0) is 18.7. The van der Waals surface area contributed by atoms with Gasteiger partial charge in [-0.3, -0.25) is 4.79 Å². The van der Waals surface area contributed by atoms with Gasteiger partial charge in [-0.15, -0.1) is 0 Å². The van der Waals surface area contributed by atoms with Crippen LogP contribution >= 0.6 is 11.6 Å². The van der Waals surface area contributed by atoms with Gasteiger partial charge in [-0.1, -0.05) is 42.3 Å². The molecule has 1 amide bonds. The molecule has 1 saturated heterocycles. The number of ether oxygens (including phenoxy) is 1. The fourth-order valence-corrected chi connectivity index (χ4v) is 4.07. The Kier molecular flexibility index (Phi) is 5.37. The molecular formula is C22H25ClN2O2. The van der Waals surface area contributed by atoms with Gasteiger partial charge < -0.3 is 15.0 Å². The molecule has 1 aliphatic carbocycles. The highest BCUT2D eigenvalue weighted by molar-refractivity contribution is 6.30. The van der Waals surface area contributed by atoms with Crippen molar-refractivity contribution in [2.45, 2.75) is 31.2 Å². The molecule has 1 saturated carbocycles. The molecule has 4 nitrogen and oxygen atoms in total. The summed E-state index contributed by atoms with van der Waals surface area (Å²) in [6.45, 7) is 3.98. The maximum Gasteiger partial charge on any atom is 0.230 e. The molecule has 2 aromatic carbocycles. The summed E-state index contributed by atoms with van der Waals surface area (Å²) < 4.78 is 5.40.